The lowest BCUT2D eigenvalue weighted by atomic mass is 10.0. The quantitative estimate of drug-likeness (QED) is 0.770. The second kappa shape index (κ2) is 7.88. The fourth-order valence-electron chi connectivity index (χ4n) is 2.02. The van der Waals surface area contributed by atoms with Crippen LogP contribution in [0.4, 0.5) is 0 Å². The standard InChI is InChI=1S/C15H23NO2/c1-3-5-10-16(4-2)12-14-9-7-6-8-13(14)11-15(17)18/h6-9H,3-5,10-12H2,1-2H3,(H,17,18). The van der Waals surface area contributed by atoms with Crippen molar-refractivity contribution in [3.05, 3.63) is 35.4 Å². The van der Waals surface area contributed by atoms with E-state index in [9.17, 15) is 4.79 Å². The molecule has 0 radical (unpaired) electrons. The zero-order valence-electron chi connectivity index (χ0n) is 11.4. The molecule has 3 nitrogen and oxygen atoms in total. The van der Waals surface area contributed by atoms with Crippen LogP contribution in [0.1, 0.15) is 37.8 Å². The van der Waals surface area contributed by atoms with Crippen molar-refractivity contribution in [3.63, 3.8) is 0 Å². The first-order valence-corrected chi connectivity index (χ1v) is 6.68. The Labute approximate surface area is 109 Å². The number of unbranched alkanes of at least 4 members (excludes halogenated alkanes) is 1. The van der Waals surface area contributed by atoms with Gasteiger partial charge in [0, 0.05) is 6.54 Å². The number of carboxylic acids is 1. The molecule has 1 rings (SSSR count). The summed E-state index contributed by atoms with van der Waals surface area (Å²) in [7, 11) is 0. The van der Waals surface area contributed by atoms with E-state index in [-0.39, 0.29) is 6.42 Å². The summed E-state index contributed by atoms with van der Waals surface area (Å²) in [5.74, 6) is -0.765. The van der Waals surface area contributed by atoms with Crippen LogP contribution in [-0.4, -0.2) is 29.1 Å². The van der Waals surface area contributed by atoms with Gasteiger partial charge in [0.2, 0.25) is 0 Å². The number of nitrogens with zero attached hydrogens (tertiary/aromatic N) is 1. The topological polar surface area (TPSA) is 40.5 Å². The zero-order chi connectivity index (χ0) is 13.4. The van der Waals surface area contributed by atoms with Gasteiger partial charge in [-0.3, -0.25) is 9.69 Å². The fraction of sp³-hybridized carbons (Fsp3) is 0.533. The third-order valence-corrected chi connectivity index (χ3v) is 3.13. The second-order valence-corrected chi connectivity index (χ2v) is 4.56. The maximum absolute atomic E-state index is 10.8. The Balaban J connectivity index is 2.72. The summed E-state index contributed by atoms with van der Waals surface area (Å²) in [6.07, 6.45) is 2.49. The number of hydrogen-bond acceptors (Lipinski definition) is 2. The van der Waals surface area contributed by atoms with Crippen molar-refractivity contribution in [2.45, 2.75) is 39.7 Å². The Kier molecular flexibility index (Phi) is 6.44. The largest absolute Gasteiger partial charge is 0.481 e. The van der Waals surface area contributed by atoms with Crippen molar-refractivity contribution < 1.29 is 9.90 Å². The van der Waals surface area contributed by atoms with Crippen molar-refractivity contribution >= 4 is 5.97 Å². The molecule has 0 atom stereocenters. The van der Waals surface area contributed by atoms with Crippen molar-refractivity contribution in [1.82, 2.24) is 4.90 Å². The van der Waals surface area contributed by atoms with E-state index in [2.05, 4.69) is 18.7 Å². The SMILES string of the molecule is CCCCN(CC)Cc1ccccc1CC(=O)O. The minimum atomic E-state index is -0.765. The highest BCUT2D eigenvalue weighted by atomic mass is 16.4. The van der Waals surface area contributed by atoms with Crippen LogP contribution in [0.25, 0.3) is 0 Å². The molecule has 0 saturated heterocycles. The molecular formula is C15H23NO2. The van der Waals surface area contributed by atoms with Gasteiger partial charge in [-0.2, -0.15) is 0 Å². The molecule has 0 aromatic heterocycles. The lowest BCUT2D eigenvalue weighted by molar-refractivity contribution is -0.136. The third-order valence-electron chi connectivity index (χ3n) is 3.13. The van der Waals surface area contributed by atoms with E-state index < -0.39 is 5.97 Å². The number of aliphatic carboxylic acids is 1. The zero-order valence-corrected chi connectivity index (χ0v) is 11.4. The molecule has 0 aliphatic heterocycles. The molecule has 0 fully saturated rings. The normalized spacial score (nSPS) is 10.8. The monoisotopic (exact) mass is 249 g/mol. The molecule has 18 heavy (non-hydrogen) atoms. The molecule has 3 heteroatoms. The molecule has 0 aliphatic rings. The first-order valence-electron chi connectivity index (χ1n) is 6.68. The highest BCUT2D eigenvalue weighted by molar-refractivity contribution is 5.70. The average molecular weight is 249 g/mol. The predicted octanol–water partition coefficient (Wildman–Crippen LogP) is 2.94. The van der Waals surface area contributed by atoms with E-state index in [1.54, 1.807) is 0 Å². The van der Waals surface area contributed by atoms with E-state index in [0.717, 1.165) is 30.8 Å². The van der Waals surface area contributed by atoms with Crippen molar-refractivity contribution in [2.24, 2.45) is 0 Å². The molecular weight excluding hydrogens is 226 g/mol. The van der Waals surface area contributed by atoms with Crippen LogP contribution in [0.5, 0.6) is 0 Å². The van der Waals surface area contributed by atoms with Gasteiger partial charge in [-0.25, -0.2) is 0 Å². The van der Waals surface area contributed by atoms with Crippen LogP contribution in [0.2, 0.25) is 0 Å². The third kappa shape index (κ3) is 4.88. The first-order chi connectivity index (χ1) is 8.67. The van der Waals surface area contributed by atoms with Crippen LogP contribution in [0, 0.1) is 0 Å². The minimum absolute atomic E-state index is 0.113. The van der Waals surface area contributed by atoms with Gasteiger partial charge in [0.05, 0.1) is 6.42 Å². The van der Waals surface area contributed by atoms with Crippen LogP contribution in [-0.2, 0) is 17.8 Å². The predicted molar refractivity (Wildman–Crippen MR) is 73.6 cm³/mol. The fourth-order valence-corrected chi connectivity index (χ4v) is 2.02. The van der Waals surface area contributed by atoms with Gasteiger partial charge < -0.3 is 5.11 Å². The summed E-state index contributed by atoms with van der Waals surface area (Å²) in [5.41, 5.74) is 2.07. The number of carbonyl (C=O) groups is 1. The number of rotatable bonds is 8. The molecule has 1 aromatic carbocycles. The summed E-state index contributed by atoms with van der Waals surface area (Å²) in [4.78, 5) is 13.2. The van der Waals surface area contributed by atoms with Crippen LogP contribution < -0.4 is 0 Å². The maximum atomic E-state index is 10.8. The van der Waals surface area contributed by atoms with E-state index in [4.69, 9.17) is 5.11 Å². The van der Waals surface area contributed by atoms with Crippen molar-refractivity contribution in [1.29, 1.82) is 0 Å². The summed E-state index contributed by atoms with van der Waals surface area (Å²) < 4.78 is 0. The van der Waals surface area contributed by atoms with Gasteiger partial charge in [0.15, 0.2) is 0 Å². The van der Waals surface area contributed by atoms with Crippen molar-refractivity contribution in [2.75, 3.05) is 13.1 Å². The molecule has 1 N–H and O–H groups in total. The van der Waals surface area contributed by atoms with Crippen molar-refractivity contribution in [3.8, 4) is 0 Å². The lowest BCUT2D eigenvalue weighted by Crippen LogP contribution is -2.24. The van der Waals surface area contributed by atoms with E-state index in [0.29, 0.717) is 0 Å². The molecule has 0 heterocycles. The smallest absolute Gasteiger partial charge is 0.307 e. The summed E-state index contributed by atoms with van der Waals surface area (Å²) in [6, 6.07) is 7.84. The number of benzene rings is 1. The molecule has 0 aliphatic carbocycles. The second-order valence-electron chi connectivity index (χ2n) is 4.56. The van der Waals surface area contributed by atoms with Gasteiger partial charge in [-0.05, 0) is 30.6 Å². The van der Waals surface area contributed by atoms with E-state index in [1.807, 2.05) is 24.3 Å². The Morgan fingerprint density at radius 1 is 1.22 bits per heavy atom. The van der Waals surface area contributed by atoms with Gasteiger partial charge in [-0.1, -0.05) is 44.5 Å². The molecule has 1 aromatic rings. The van der Waals surface area contributed by atoms with Gasteiger partial charge >= 0.3 is 5.97 Å². The average Bonchev–Trinajstić information content (AvgIpc) is 2.35. The molecule has 0 saturated carbocycles. The maximum Gasteiger partial charge on any atom is 0.307 e. The summed E-state index contributed by atoms with van der Waals surface area (Å²) >= 11 is 0. The number of carboxylic acid groups (broad SMARTS) is 1. The highest BCUT2D eigenvalue weighted by Crippen LogP contribution is 2.13. The van der Waals surface area contributed by atoms with Crippen LogP contribution in [0.15, 0.2) is 24.3 Å². The molecule has 100 valence electrons. The highest BCUT2D eigenvalue weighted by Gasteiger charge is 2.09. The van der Waals surface area contributed by atoms with E-state index >= 15 is 0 Å². The molecule has 0 bridgehead atoms. The van der Waals surface area contributed by atoms with E-state index in [1.165, 1.54) is 12.8 Å². The number of hydrogen-bond donors (Lipinski definition) is 1. The van der Waals surface area contributed by atoms with Crippen LogP contribution >= 0.6 is 0 Å². The Bertz CT molecular complexity index is 377. The summed E-state index contributed by atoms with van der Waals surface area (Å²) in [6.45, 7) is 7.26. The van der Waals surface area contributed by atoms with Crippen LogP contribution in [0.3, 0.4) is 0 Å². The Morgan fingerprint density at radius 2 is 1.89 bits per heavy atom. The van der Waals surface area contributed by atoms with Gasteiger partial charge in [0.1, 0.15) is 0 Å². The van der Waals surface area contributed by atoms with Gasteiger partial charge in [0.25, 0.3) is 0 Å². The lowest BCUT2D eigenvalue weighted by Gasteiger charge is -2.21. The Morgan fingerprint density at radius 3 is 2.44 bits per heavy atom. The van der Waals surface area contributed by atoms with Gasteiger partial charge in [-0.15, -0.1) is 0 Å². The first kappa shape index (κ1) is 14.7. The Hall–Kier alpha value is -1.35. The summed E-state index contributed by atoms with van der Waals surface area (Å²) in [5, 5.41) is 8.91. The minimum Gasteiger partial charge on any atom is -0.481 e. The molecule has 0 spiro atoms. The molecule has 0 unspecified atom stereocenters. The molecule has 0 amide bonds.